The number of nitrogens with zero attached hydrogens (tertiary/aromatic N) is 2. The summed E-state index contributed by atoms with van der Waals surface area (Å²) in [4.78, 5) is 41.7. The Kier molecular flexibility index (Phi) is 6.12. The number of carbonyl (C=O) groups excluding carboxylic acids is 2. The maximum absolute atomic E-state index is 11.9. The lowest BCUT2D eigenvalue weighted by Gasteiger charge is -2.24. The highest BCUT2D eigenvalue weighted by Gasteiger charge is 2.15. The molecule has 0 aliphatic carbocycles. The van der Waals surface area contributed by atoms with Crippen LogP contribution in [-0.4, -0.2) is 49.3 Å². The number of aromatic nitrogens is 1. The van der Waals surface area contributed by atoms with Gasteiger partial charge in [-0.1, -0.05) is 0 Å². The smallest absolute Gasteiger partial charge is 0.307 e. The number of ether oxygens (including phenoxy) is 2. The van der Waals surface area contributed by atoms with Crippen LogP contribution in [0.3, 0.4) is 0 Å². The van der Waals surface area contributed by atoms with E-state index in [1.807, 2.05) is 11.0 Å². The zero-order valence-electron chi connectivity index (χ0n) is 18.2. The minimum Gasteiger partial charge on any atom is -0.507 e. The summed E-state index contributed by atoms with van der Waals surface area (Å²) in [5.41, 5.74) is 2.30. The Morgan fingerprint density at radius 2 is 1.64 bits per heavy atom. The number of methoxy groups -OCH3 is 2. The molecule has 0 atom stereocenters. The van der Waals surface area contributed by atoms with Crippen LogP contribution in [0.2, 0.25) is 0 Å². The molecule has 1 heterocycles. The molecule has 0 aliphatic heterocycles. The summed E-state index contributed by atoms with van der Waals surface area (Å²) < 4.78 is 15.5. The predicted molar refractivity (Wildman–Crippen MR) is 122 cm³/mol. The van der Waals surface area contributed by atoms with E-state index in [9.17, 15) is 19.5 Å². The second-order valence-electron chi connectivity index (χ2n) is 7.46. The average Bonchev–Trinajstić information content (AvgIpc) is 2.82. The molecular weight excluding hydrogens is 428 g/mol. The zero-order valence-corrected chi connectivity index (χ0v) is 18.2. The molecule has 0 saturated carbocycles. The number of benzene rings is 3. The lowest BCUT2D eigenvalue weighted by molar-refractivity contribution is -0.140. The Bertz CT molecular complexity index is 1410. The van der Waals surface area contributed by atoms with E-state index in [2.05, 4.69) is 4.98 Å². The Morgan fingerprint density at radius 1 is 0.939 bits per heavy atom. The molecule has 1 aromatic heterocycles. The molecule has 0 radical (unpaired) electrons. The molecule has 0 bridgehead atoms. The summed E-state index contributed by atoms with van der Waals surface area (Å²) in [5, 5.41) is 11.4. The molecule has 0 aliphatic rings. The van der Waals surface area contributed by atoms with Crippen LogP contribution in [0.15, 0.2) is 51.7 Å². The monoisotopic (exact) mass is 450 g/mol. The molecule has 33 heavy (non-hydrogen) atoms. The lowest BCUT2D eigenvalue weighted by atomic mass is 10.1. The van der Waals surface area contributed by atoms with Gasteiger partial charge < -0.3 is 23.9 Å². The van der Waals surface area contributed by atoms with E-state index in [1.54, 1.807) is 18.2 Å². The van der Waals surface area contributed by atoms with Crippen molar-refractivity contribution in [1.82, 2.24) is 4.98 Å². The third kappa shape index (κ3) is 4.57. The summed E-state index contributed by atoms with van der Waals surface area (Å²) in [6.45, 7) is 0.655. The van der Waals surface area contributed by atoms with Gasteiger partial charge in [0.05, 0.1) is 27.1 Å². The van der Waals surface area contributed by atoms with Gasteiger partial charge in [0.25, 0.3) is 0 Å². The van der Waals surface area contributed by atoms with Gasteiger partial charge >= 0.3 is 11.9 Å². The topological polar surface area (TPSA) is 119 Å². The van der Waals surface area contributed by atoms with Crippen molar-refractivity contribution in [2.45, 2.75) is 12.8 Å². The fourth-order valence-electron chi connectivity index (χ4n) is 3.68. The Labute approximate surface area is 188 Å². The van der Waals surface area contributed by atoms with Gasteiger partial charge in [-0.3, -0.25) is 14.4 Å². The van der Waals surface area contributed by atoms with Crippen molar-refractivity contribution in [3.05, 3.63) is 52.7 Å². The van der Waals surface area contributed by atoms with Crippen LogP contribution in [0.4, 0.5) is 5.69 Å². The summed E-state index contributed by atoms with van der Waals surface area (Å²) in [7, 11) is 2.64. The molecule has 170 valence electrons. The van der Waals surface area contributed by atoms with Gasteiger partial charge in [-0.25, -0.2) is 4.98 Å². The molecule has 0 spiro atoms. The summed E-state index contributed by atoms with van der Waals surface area (Å²) in [6.07, 6.45) is 0.278. The van der Waals surface area contributed by atoms with Gasteiger partial charge in [0.2, 0.25) is 0 Å². The van der Waals surface area contributed by atoms with Crippen molar-refractivity contribution in [3.8, 4) is 5.75 Å². The molecule has 9 nitrogen and oxygen atoms in total. The van der Waals surface area contributed by atoms with Gasteiger partial charge in [-0.05, 0) is 30.3 Å². The van der Waals surface area contributed by atoms with Gasteiger partial charge in [-0.15, -0.1) is 0 Å². The van der Waals surface area contributed by atoms with E-state index in [0.29, 0.717) is 51.7 Å². The fraction of sp³-hybridized carbons (Fsp3) is 0.250. The summed E-state index contributed by atoms with van der Waals surface area (Å²) in [6, 6.07) is 11.2. The third-order valence-electron chi connectivity index (χ3n) is 5.41. The van der Waals surface area contributed by atoms with Crippen molar-refractivity contribution < 1.29 is 28.6 Å². The van der Waals surface area contributed by atoms with Crippen LogP contribution in [0, 0.1) is 0 Å². The highest BCUT2D eigenvalue weighted by Crippen LogP contribution is 2.33. The molecular formula is C24H22N2O7. The number of hydrogen-bond acceptors (Lipinski definition) is 9. The normalized spacial score (nSPS) is 11.1. The van der Waals surface area contributed by atoms with E-state index in [0.717, 1.165) is 0 Å². The first-order valence-electron chi connectivity index (χ1n) is 10.3. The molecule has 4 aromatic rings. The van der Waals surface area contributed by atoms with Gasteiger partial charge in [0, 0.05) is 41.7 Å². The van der Waals surface area contributed by atoms with Crippen LogP contribution in [0.25, 0.3) is 33.0 Å². The SMILES string of the molecule is COC(=O)CCN(CCC(=O)OC)c1ccc2nc3c(cc(O)c4ccc(=O)cc43)oc2c1. The van der Waals surface area contributed by atoms with Crippen LogP contribution in [0.1, 0.15) is 12.8 Å². The summed E-state index contributed by atoms with van der Waals surface area (Å²) in [5.74, 6) is -0.746. The molecule has 3 aromatic carbocycles. The predicted octanol–water partition coefficient (Wildman–Crippen LogP) is 3.13. The number of esters is 2. The minimum atomic E-state index is -0.365. The second-order valence-corrected chi connectivity index (χ2v) is 7.46. The first-order valence-corrected chi connectivity index (χ1v) is 10.3. The number of aromatic hydroxyl groups is 1. The largest absolute Gasteiger partial charge is 0.507 e. The van der Waals surface area contributed by atoms with Crippen molar-refractivity contribution in [3.63, 3.8) is 0 Å². The molecule has 1 N–H and O–H groups in total. The zero-order chi connectivity index (χ0) is 23.5. The van der Waals surface area contributed by atoms with Crippen molar-refractivity contribution >= 4 is 50.6 Å². The van der Waals surface area contributed by atoms with E-state index in [-0.39, 0.29) is 36.0 Å². The third-order valence-corrected chi connectivity index (χ3v) is 5.41. The van der Waals surface area contributed by atoms with Gasteiger partial charge in [0.15, 0.2) is 16.6 Å². The quantitative estimate of drug-likeness (QED) is 0.257. The number of fused-ring (bicyclic) bond motifs is 4. The van der Waals surface area contributed by atoms with Crippen LogP contribution >= 0.6 is 0 Å². The van der Waals surface area contributed by atoms with E-state index >= 15 is 0 Å². The number of carbonyl (C=O) groups is 2. The standard InChI is InChI=1S/C24H22N2O7/c1-31-22(29)7-9-26(10-8-23(30)32-2)14-3-6-18-20(11-14)33-21-13-19(28)16-5-4-15(27)12-17(16)24(21)25-18/h3-6,11-13,28H,7-10H2,1-2H3. The maximum Gasteiger partial charge on any atom is 0.307 e. The lowest BCUT2D eigenvalue weighted by Crippen LogP contribution is -2.29. The Hall–Kier alpha value is -4.14. The number of rotatable bonds is 7. The van der Waals surface area contributed by atoms with Gasteiger partial charge in [-0.2, -0.15) is 0 Å². The van der Waals surface area contributed by atoms with E-state index < -0.39 is 0 Å². The Balaban J connectivity index is 1.77. The summed E-state index contributed by atoms with van der Waals surface area (Å²) >= 11 is 0. The number of phenols is 1. The molecule has 4 rings (SSSR count). The van der Waals surface area contributed by atoms with Gasteiger partial charge in [0.1, 0.15) is 16.8 Å². The average molecular weight is 450 g/mol. The van der Waals surface area contributed by atoms with Crippen LogP contribution in [-0.2, 0) is 19.1 Å². The fourth-order valence-corrected chi connectivity index (χ4v) is 3.68. The number of phenolic OH excluding ortho intramolecular Hbond substituents is 1. The van der Waals surface area contributed by atoms with Crippen molar-refractivity contribution in [1.29, 1.82) is 0 Å². The van der Waals surface area contributed by atoms with Crippen LogP contribution in [0.5, 0.6) is 5.75 Å². The number of hydrogen-bond donors (Lipinski definition) is 1. The highest BCUT2D eigenvalue weighted by molar-refractivity contribution is 6.07. The number of anilines is 1. The molecule has 0 amide bonds. The van der Waals surface area contributed by atoms with Crippen molar-refractivity contribution in [2.24, 2.45) is 0 Å². The molecule has 0 saturated heterocycles. The molecule has 0 fully saturated rings. The minimum absolute atomic E-state index is 0.0173. The first-order chi connectivity index (χ1) is 15.9. The van der Waals surface area contributed by atoms with Crippen LogP contribution < -0.4 is 10.3 Å². The van der Waals surface area contributed by atoms with Crippen molar-refractivity contribution in [2.75, 3.05) is 32.2 Å². The maximum atomic E-state index is 11.9. The first kappa shape index (κ1) is 22.1. The van der Waals surface area contributed by atoms with E-state index in [4.69, 9.17) is 13.9 Å². The Morgan fingerprint density at radius 3 is 2.30 bits per heavy atom. The highest BCUT2D eigenvalue weighted by atomic mass is 16.5. The van der Waals surface area contributed by atoms with E-state index in [1.165, 1.54) is 32.4 Å². The molecule has 0 unspecified atom stereocenters. The molecule has 9 heteroatoms. The second kappa shape index (κ2) is 9.15.